The van der Waals surface area contributed by atoms with E-state index in [1.54, 1.807) is 13.8 Å². The van der Waals surface area contributed by atoms with Crippen LogP contribution in [0.3, 0.4) is 0 Å². The fraction of sp³-hybridized carbons (Fsp3) is 0.562. The first-order valence-corrected chi connectivity index (χ1v) is 8.11. The number of morpholine rings is 1. The molecule has 130 valence electrons. The number of anilines is 1. The number of carbonyl (C=O) groups excluding carboxylic acids is 1. The van der Waals surface area contributed by atoms with E-state index in [4.69, 9.17) is 9.15 Å². The number of ether oxygens (including phenoxy) is 1. The number of amides is 1. The number of aromatic nitrogens is 2. The van der Waals surface area contributed by atoms with E-state index in [0.717, 1.165) is 13.0 Å². The topological polar surface area (TPSA) is 100 Å². The number of hydrogen-bond donors (Lipinski definition) is 2. The molecule has 24 heavy (non-hydrogen) atoms. The molecule has 2 aromatic heterocycles. The molecular formula is C16H22N4O4. The molecule has 8 nitrogen and oxygen atoms in total. The summed E-state index contributed by atoms with van der Waals surface area (Å²) in [7, 11) is 0. The lowest BCUT2D eigenvalue weighted by atomic mass is 10.2. The van der Waals surface area contributed by atoms with Gasteiger partial charge in [0.15, 0.2) is 0 Å². The predicted octanol–water partition coefficient (Wildman–Crippen LogP) is 1.18. The first kappa shape index (κ1) is 16.7. The van der Waals surface area contributed by atoms with E-state index < -0.39 is 0 Å². The van der Waals surface area contributed by atoms with Crippen molar-refractivity contribution < 1.29 is 13.9 Å². The van der Waals surface area contributed by atoms with Gasteiger partial charge in [0.2, 0.25) is 11.8 Å². The van der Waals surface area contributed by atoms with E-state index >= 15 is 0 Å². The maximum Gasteiger partial charge on any atom is 0.277 e. The molecule has 1 saturated heterocycles. The SMILES string of the molecule is CCC1CN(CC(=O)Nc2oc(C)c3c(C)n[nH]c(=O)c23)CCO1. The zero-order chi connectivity index (χ0) is 17.3. The number of fused-ring (bicyclic) bond motifs is 1. The van der Waals surface area contributed by atoms with Crippen LogP contribution in [0.4, 0.5) is 5.88 Å². The Hall–Kier alpha value is -2.19. The monoisotopic (exact) mass is 334 g/mol. The standard InChI is InChI=1S/C16H22N4O4/c1-4-11-7-20(5-6-23-11)8-12(21)17-16-14-13(10(3)24-16)9(2)18-19-15(14)22/h11H,4-8H2,1-3H3,(H,17,21)(H,19,22). The number of nitrogens with zero attached hydrogens (tertiary/aromatic N) is 2. The molecule has 0 spiro atoms. The van der Waals surface area contributed by atoms with Gasteiger partial charge in [0.25, 0.3) is 5.56 Å². The number of rotatable bonds is 4. The van der Waals surface area contributed by atoms with Gasteiger partial charge in [-0.3, -0.25) is 19.8 Å². The van der Waals surface area contributed by atoms with E-state index in [0.29, 0.717) is 35.4 Å². The van der Waals surface area contributed by atoms with Crippen molar-refractivity contribution in [1.29, 1.82) is 0 Å². The third kappa shape index (κ3) is 3.20. The minimum Gasteiger partial charge on any atom is -0.444 e. The van der Waals surface area contributed by atoms with Gasteiger partial charge in [-0.05, 0) is 20.3 Å². The van der Waals surface area contributed by atoms with Crippen LogP contribution >= 0.6 is 0 Å². The van der Waals surface area contributed by atoms with Gasteiger partial charge in [0.05, 0.1) is 30.3 Å². The number of hydrogen-bond acceptors (Lipinski definition) is 6. The van der Waals surface area contributed by atoms with Crippen LogP contribution in [0.15, 0.2) is 9.21 Å². The molecule has 2 aromatic rings. The van der Waals surface area contributed by atoms with Crippen LogP contribution in [0.5, 0.6) is 0 Å². The highest BCUT2D eigenvalue weighted by Crippen LogP contribution is 2.28. The highest BCUT2D eigenvalue weighted by atomic mass is 16.5. The van der Waals surface area contributed by atoms with Crippen molar-refractivity contribution in [2.75, 3.05) is 31.6 Å². The lowest BCUT2D eigenvalue weighted by Crippen LogP contribution is -2.45. The molecule has 1 amide bonds. The lowest BCUT2D eigenvalue weighted by molar-refractivity contribution is -0.119. The van der Waals surface area contributed by atoms with E-state index in [9.17, 15) is 9.59 Å². The Labute approximate surface area is 139 Å². The van der Waals surface area contributed by atoms with Crippen molar-refractivity contribution in [2.24, 2.45) is 0 Å². The summed E-state index contributed by atoms with van der Waals surface area (Å²) in [6, 6.07) is 0. The number of carbonyl (C=O) groups is 1. The van der Waals surface area contributed by atoms with Crippen molar-refractivity contribution in [2.45, 2.75) is 33.3 Å². The molecule has 1 fully saturated rings. The van der Waals surface area contributed by atoms with E-state index in [1.165, 1.54) is 0 Å². The molecule has 1 aliphatic heterocycles. The van der Waals surface area contributed by atoms with Crippen molar-refractivity contribution in [3.8, 4) is 0 Å². The Balaban J connectivity index is 1.77. The third-order valence-electron chi connectivity index (χ3n) is 4.30. The molecule has 3 heterocycles. The summed E-state index contributed by atoms with van der Waals surface area (Å²) in [6.45, 7) is 7.90. The molecule has 8 heteroatoms. The molecule has 0 saturated carbocycles. The number of H-pyrrole nitrogens is 1. The van der Waals surface area contributed by atoms with Gasteiger partial charge >= 0.3 is 0 Å². The van der Waals surface area contributed by atoms with Gasteiger partial charge < -0.3 is 9.15 Å². The van der Waals surface area contributed by atoms with Gasteiger partial charge in [0.1, 0.15) is 11.1 Å². The Morgan fingerprint density at radius 3 is 2.96 bits per heavy atom. The summed E-state index contributed by atoms with van der Waals surface area (Å²) in [5.74, 6) is 0.532. The van der Waals surface area contributed by atoms with E-state index in [1.807, 2.05) is 4.90 Å². The van der Waals surface area contributed by atoms with Crippen molar-refractivity contribution in [3.63, 3.8) is 0 Å². The molecule has 2 N–H and O–H groups in total. The Morgan fingerprint density at radius 2 is 2.21 bits per heavy atom. The lowest BCUT2D eigenvalue weighted by Gasteiger charge is -2.31. The van der Waals surface area contributed by atoms with Crippen molar-refractivity contribution >= 4 is 22.6 Å². The van der Waals surface area contributed by atoms with Crippen LogP contribution < -0.4 is 10.9 Å². The second kappa shape index (κ2) is 6.74. The van der Waals surface area contributed by atoms with Crippen LogP contribution in [-0.4, -0.2) is 53.3 Å². The summed E-state index contributed by atoms with van der Waals surface area (Å²) in [4.78, 5) is 26.4. The molecule has 1 aliphatic rings. The van der Waals surface area contributed by atoms with E-state index in [2.05, 4.69) is 22.4 Å². The zero-order valence-electron chi connectivity index (χ0n) is 14.1. The van der Waals surface area contributed by atoms with Crippen LogP contribution in [0, 0.1) is 13.8 Å². The molecule has 0 bridgehead atoms. The number of aryl methyl sites for hydroxylation is 2. The largest absolute Gasteiger partial charge is 0.444 e. The van der Waals surface area contributed by atoms with Crippen LogP contribution in [0.25, 0.3) is 10.8 Å². The van der Waals surface area contributed by atoms with Gasteiger partial charge in [0, 0.05) is 13.1 Å². The van der Waals surface area contributed by atoms with Crippen LogP contribution in [0.1, 0.15) is 24.8 Å². The molecule has 3 rings (SSSR count). The third-order valence-corrected chi connectivity index (χ3v) is 4.30. The predicted molar refractivity (Wildman–Crippen MR) is 89.2 cm³/mol. The fourth-order valence-electron chi connectivity index (χ4n) is 3.07. The maximum atomic E-state index is 12.3. The van der Waals surface area contributed by atoms with Crippen molar-refractivity contribution in [1.82, 2.24) is 15.1 Å². The molecule has 1 atom stereocenters. The summed E-state index contributed by atoms with van der Waals surface area (Å²) < 4.78 is 11.2. The second-order valence-electron chi connectivity index (χ2n) is 6.06. The fourth-order valence-corrected chi connectivity index (χ4v) is 3.07. The molecule has 0 radical (unpaired) electrons. The van der Waals surface area contributed by atoms with E-state index in [-0.39, 0.29) is 30.0 Å². The second-order valence-corrected chi connectivity index (χ2v) is 6.06. The average molecular weight is 334 g/mol. The van der Waals surface area contributed by atoms with Gasteiger partial charge in [-0.2, -0.15) is 5.10 Å². The average Bonchev–Trinajstić information content (AvgIpc) is 2.88. The smallest absolute Gasteiger partial charge is 0.277 e. The van der Waals surface area contributed by atoms with Crippen LogP contribution in [-0.2, 0) is 9.53 Å². The molecular weight excluding hydrogens is 312 g/mol. The van der Waals surface area contributed by atoms with Crippen LogP contribution in [0.2, 0.25) is 0 Å². The summed E-state index contributed by atoms with van der Waals surface area (Å²) >= 11 is 0. The zero-order valence-corrected chi connectivity index (χ0v) is 14.1. The molecule has 0 aromatic carbocycles. The minimum atomic E-state index is -0.375. The normalized spacial score (nSPS) is 18.9. The molecule has 0 aliphatic carbocycles. The Bertz CT molecular complexity index is 810. The van der Waals surface area contributed by atoms with Gasteiger partial charge in [-0.25, -0.2) is 5.10 Å². The van der Waals surface area contributed by atoms with Gasteiger partial charge in [-0.15, -0.1) is 0 Å². The number of furan rings is 1. The molecule has 1 unspecified atom stereocenters. The van der Waals surface area contributed by atoms with Gasteiger partial charge in [-0.1, -0.05) is 6.92 Å². The summed E-state index contributed by atoms with van der Waals surface area (Å²) in [6.07, 6.45) is 1.08. The highest BCUT2D eigenvalue weighted by molar-refractivity contribution is 6.01. The number of nitrogens with one attached hydrogen (secondary N) is 2. The maximum absolute atomic E-state index is 12.3. The number of aromatic amines is 1. The quantitative estimate of drug-likeness (QED) is 0.871. The van der Waals surface area contributed by atoms with Crippen molar-refractivity contribution in [3.05, 3.63) is 21.8 Å². The first-order chi connectivity index (χ1) is 11.5. The summed E-state index contributed by atoms with van der Waals surface area (Å²) in [5.41, 5.74) is 0.283. The first-order valence-electron chi connectivity index (χ1n) is 8.11. The minimum absolute atomic E-state index is 0.162. The summed E-state index contributed by atoms with van der Waals surface area (Å²) in [5, 5.41) is 10.1. The Morgan fingerprint density at radius 1 is 1.42 bits per heavy atom. The Kier molecular flexibility index (Phi) is 4.68. The highest BCUT2D eigenvalue weighted by Gasteiger charge is 2.23.